The highest BCUT2D eigenvalue weighted by Crippen LogP contribution is 2.29. The van der Waals surface area contributed by atoms with Crippen molar-refractivity contribution in [2.75, 3.05) is 6.61 Å². The van der Waals surface area contributed by atoms with Gasteiger partial charge in [0.2, 0.25) is 5.91 Å². The first-order chi connectivity index (χ1) is 14.2. The first kappa shape index (κ1) is 25.7. The zero-order chi connectivity index (χ0) is 23.7. The zero-order valence-corrected chi connectivity index (χ0v) is 16.6. The number of carbonyl (C=O) groups excluding carboxylic acids is 1. The van der Waals surface area contributed by atoms with Crippen molar-refractivity contribution in [3.63, 3.8) is 0 Å². The molecule has 2 aliphatic rings. The Morgan fingerprint density at radius 3 is 2.13 bits per heavy atom. The lowest BCUT2D eigenvalue weighted by molar-refractivity contribution is -0.339. The third-order valence-corrected chi connectivity index (χ3v) is 4.98. The number of ether oxygens (including phenoxy) is 3. The largest absolute Gasteiger partial charge is 0.479 e. The molecule has 0 aromatic rings. The maximum Gasteiger partial charge on any atom is 0.397 e. The quantitative estimate of drug-likeness (QED) is 0.159. The number of hydrogen-bond acceptors (Lipinski definition) is 13. The summed E-state index contributed by atoms with van der Waals surface area (Å²) in [5.41, 5.74) is 0. The molecule has 0 aromatic heterocycles. The summed E-state index contributed by atoms with van der Waals surface area (Å²) < 4.78 is 49.9. The number of carboxylic acids is 1. The topological polar surface area (TPSA) is 259 Å². The Morgan fingerprint density at radius 2 is 1.61 bits per heavy atom. The first-order valence-electron chi connectivity index (χ1n) is 8.71. The van der Waals surface area contributed by atoms with E-state index < -0.39 is 90.2 Å². The Balaban J connectivity index is 2.28. The van der Waals surface area contributed by atoms with E-state index in [1.165, 1.54) is 0 Å². The molecule has 0 spiro atoms. The molecule has 10 atom stereocenters. The molecule has 17 heteroatoms. The first-order valence-corrected chi connectivity index (χ1v) is 10.1. The van der Waals surface area contributed by atoms with Crippen LogP contribution in [0.4, 0.5) is 0 Å². The van der Waals surface area contributed by atoms with Gasteiger partial charge in [0.1, 0.15) is 42.7 Å². The van der Waals surface area contributed by atoms with Gasteiger partial charge >= 0.3 is 16.4 Å². The molecule has 2 saturated heterocycles. The number of aliphatic carboxylic acids is 1. The van der Waals surface area contributed by atoms with E-state index in [0.29, 0.717) is 0 Å². The minimum Gasteiger partial charge on any atom is -0.479 e. The van der Waals surface area contributed by atoms with Crippen molar-refractivity contribution < 1.29 is 71.6 Å². The van der Waals surface area contributed by atoms with Gasteiger partial charge in [-0.15, -0.1) is 0 Å². The van der Waals surface area contributed by atoms with E-state index in [-0.39, 0.29) is 0 Å². The molecule has 180 valence electrons. The molecule has 8 N–H and O–H groups in total. The molecule has 0 aliphatic carbocycles. The third kappa shape index (κ3) is 6.26. The molecule has 16 nitrogen and oxygen atoms in total. The number of carbonyl (C=O) groups is 2. The van der Waals surface area contributed by atoms with Crippen LogP contribution in [-0.4, -0.2) is 123 Å². The fourth-order valence-electron chi connectivity index (χ4n) is 3.10. The van der Waals surface area contributed by atoms with Crippen LogP contribution in [0.15, 0.2) is 0 Å². The van der Waals surface area contributed by atoms with E-state index in [2.05, 4.69) is 9.50 Å². The van der Waals surface area contributed by atoms with Gasteiger partial charge in [-0.2, -0.15) is 8.42 Å². The molecule has 2 heterocycles. The summed E-state index contributed by atoms with van der Waals surface area (Å²) in [4.78, 5) is 22.5. The van der Waals surface area contributed by atoms with Crippen molar-refractivity contribution >= 4 is 22.3 Å². The van der Waals surface area contributed by atoms with E-state index in [1.54, 1.807) is 0 Å². The normalized spacial score (nSPS) is 41.5. The lowest BCUT2D eigenvalue weighted by Crippen LogP contribution is -2.67. The maximum absolute atomic E-state index is 11.3. The van der Waals surface area contributed by atoms with Gasteiger partial charge in [0.25, 0.3) is 0 Å². The van der Waals surface area contributed by atoms with Crippen LogP contribution >= 0.6 is 0 Å². The number of rotatable bonds is 7. The second-order valence-electron chi connectivity index (χ2n) is 6.83. The second kappa shape index (κ2) is 9.96. The van der Waals surface area contributed by atoms with Crippen LogP contribution in [-0.2, 0) is 38.4 Å². The SMILES string of the molecule is CC(=O)N[C@@H]1[C@@H](O)[C@H](O[C@@H]2O[C@H](C(=O)O)[C@@H](O)[C@H](O)[C@H]2O)[C@@H](COS(=O)(=O)O)O[C@@H]1O. The number of carboxylic acid groups (broad SMARTS) is 1. The number of aliphatic hydroxyl groups excluding tert-OH is 5. The van der Waals surface area contributed by atoms with E-state index in [4.69, 9.17) is 23.9 Å². The molecular formula is C14H23NO15S. The highest BCUT2D eigenvalue weighted by atomic mass is 32.3. The van der Waals surface area contributed by atoms with E-state index in [0.717, 1.165) is 6.92 Å². The Morgan fingerprint density at radius 1 is 1.00 bits per heavy atom. The van der Waals surface area contributed by atoms with Crippen LogP contribution in [0.3, 0.4) is 0 Å². The monoisotopic (exact) mass is 477 g/mol. The Bertz CT molecular complexity index is 761. The molecule has 0 saturated carbocycles. The molecule has 1 amide bonds. The van der Waals surface area contributed by atoms with Gasteiger partial charge < -0.3 is 50.2 Å². The lowest BCUT2D eigenvalue weighted by Gasteiger charge is -2.46. The van der Waals surface area contributed by atoms with Crippen molar-refractivity contribution in [2.24, 2.45) is 0 Å². The van der Waals surface area contributed by atoms with Crippen LogP contribution < -0.4 is 5.32 Å². The van der Waals surface area contributed by atoms with E-state index in [1.807, 2.05) is 0 Å². The Labute approximate surface area is 174 Å². The molecule has 2 aliphatic heterocycles. The summed E-state index contributed by atoms with van der Waals surface area (Å²) in [6, 6.07) is -1.53. The van der Waals surface area contributed by atoms with Crippen LogP contribution in [0.2, 0.25) is 0 Å². The molecule has 31 heavy (non-hydrogen) atoms. The minimum absolute atomic E-state index is 0.712. The van der Waals surface area contributed by atoms with Crippen LogP contribution in [0.5, 0.6) is 0 Å². The fraction of sp³-hybridized carbons (Fsp3) is 0.857. The van der Waals surface area contributed by atoms with Gasteiger partial charge in [0.05, 0.1) is 6.61 Å². The van der Waals surface area contributed by atoms with Crippen LogP contribution in [0.1, 0.15) is 6.92 Å². The lowest BCUT2D eigenvalue weighted by atomic mass is 9.95. The van der Waals surface area contributed by atoms with Gasteiger partial charge in [-0.25, -0.2) is 8.98 Å². The average molecular weight is 477 g/mol. The summed E-state index contributed by atoms with van der Waals surface area (Å²) in [5, 5.41) is 61.4. The van der Waals surface area contributed by atoms with Gasteiger partial charge in [-0.05, 0) is 0 Å². The van der Waals surface area contributed by atoms with Crippen molar-refractivity contribution in [3.8, 4) is 0 Å². The Kier molecular flexibility index (Phi) is 8.27. The summed E-state index contributed by atoms with van der Waals surface area (Å²) in [7, 11) is -4.99. The average Bonchev–Trinajstić information content (AvgIpc) is 2.64. The number of nitrogens with one attached hydrogen (secondary N) is 1. The van der Waals surface area contributed by atoms with Gasteiger partial charge in [0.15, 0.2) is 18.7 Å². The Hall–Kier alpha value is -1.51. The maximum atomic E-state index is 11.3. The van der Waals surface area contributed by atoms with E-state index >= 15 is 0 Å². The van der Waals surface area contributed by atoms with Crippen molar-refractivity contribution in [3.05, 3.63) is 0 Å². The van der Waals surface area contributed by atoms with Crippen molar-refractivity contribution in [2.45, 2.75) is 68.3 Å². The molecule has 0 unspecified atom stereocenters. The molecule has 2 fully saturated rings. The smallest absolute Gasteiger partial charge is 0.397 e. The summed E-state index contributed by atoms with van der Waals surface area (Å²) >= 11 is 0. The number of aliphatic hydroxyl groups is 5. The standard InChI is InChI=1S/C14H23NO15S/c1-3(16)15-5-6(17)10(4(28-13(5)23)2-27-31(24,25)26)29-14-9(20)7(18)8(19)11(30-14)12(21)22/h4-11,13-14,17-20,23H,2H2,1H3,(H,15,16)(H,21,22)(H,24,25,26)/t4-,5-,6-,7+,8+,9-,10-,11+,13+,14-/m1/s1. The fourth-order valence-corrected chi connectivity index (χ4v) is 3.41. The molecule has 0 radical (unpaired) electrons. The van der Waals surface area contributed by atoms with Crippen LogP contribution in [0.25, 0.3) is 0 Å². The van der Waals surface area contributed by atoms with Crippen molar-refractivity contribution in [1.82, 2.24) is 5.32 Å². The number of hydrogen-bond donors (Lipinski definition) is 8. The summed E-state index contributed by atoms with van der Waals surface area (Å²) in [5.74, 6) is -2.43. The van der Waals surface area contributed by atoms with Gasteiger partial charge in [0, 0.05) is 6.92 Å². The highest BCUT2D eigenvalue weighted by molar-refractivity contribution is 7.80. The minimum atomic E-state index is -4.99. The van der Waals surface area contributed by atoms with Gasteiger partial charge in [-0.3, -0.25) is 9.35 Å². The zero-order valence-electron chi connectivity index (χ0n) is 15.8. The second-order valence-corrected chi connectivity index (χ2v) is 7.92. The molecule has 0 aromatic carbocycles. The molecule has 2 rings (SSSR count). The summed E-state index contributed by atoms with van der Waals surface area (Å²) in [6.07, 6.45) is -17.4. The molecular weight excluding hydrogens is 454 g/mol. The predicted molar refractivity (Wildman–Crippen MR) is 91.2 cm³/mol. The molecule has 0 bridgehead atoms. The predicted octanol–water partition coefficient (Wildman–Crippen LogP) is -5.33. The van der Waals surface area contributed by atoms with Crippen molar-refractivity contribution in [1.29, 1.82) is 0 Å². The van der Waals surface area contributed by atoms with E-state index in [9.17, 15) is 43.5 Å². The highest BCUT2D eigenvalue weighted by Gasteiger charge is 2.52. The van der Waals surface area contributed by atoms with Gasteiger partial charge in [-0.1, -0.05) is 0 Å². The summed E-state index contributed by atoms with van der Waals surface area (Å²) in [6.45, 7) is 0.0206. The third-order valence-electron chi connectivity index (χ3n) is 4.55. The van der Waals surface area contributed by atoms with Crippen LogP contribution in [0, 0.1) is 0 Å². The number of amides is 1.